The van der Waals surface area contributed by atoms with E-state index < -0.39 is 0 Å². The molecule has 7 rings (SSSR count). The normalized spacial score (nSPS) is 33.4. The van der Waals surface area contributed by atoms with E-state index in [1.165, 1.54) is 73.6 Å². The van der Waals surface area contributed by atoms with Crippen LogP contribution in [0.2, 0.25) is 0 Å². The van der Waals surface area contributed by atoms with E-state index in [1.807, 2.05) is 18.3 Å². The predicted octanol–water partition coefficient (Wildman–Crippen LogP) is 5.76. The van der Waals surface area contributed by atoms with Crippen molar-refractivity contribution in [1.29, 1.82) is 0 Å². The molecule has 2 aromatic heterocycles. The van der Waals surface area contributed by atoms with Crippen LogP contribution in [-0.2, 0) is 17.6 Å². The first kappa shape index (κ1) is 17.9. The lowest BCUT2D eigenvalue weighted by Gasteiger charge is -2.56. The molecule has 0 atom stereocenters. The predicted molar refractivity (Wildman–Crippen MR) is 115 cm³/mol. The van der Waals surface area contributed by atoms with E-state index in [0.717, 1.165) is 39.9 Å². The maximum atomic E-state index is 13.5. The smallest absolute Gasteiger partial charge is 0.149 e. The molecule has 5 aliphatic rings. The molecule has 0 radical (unpaired) electrons. The molecule has 0 saturated heterocycles. The van der Waals surface area contributed by atoms with Gasteiger partial charge in [-0.2, -0.15) is 0 Å². The number of rotatable bonds is 4. The third-order valence-corrected chi connectivity index (χ3v) is 10.0. The van der Waals surface area contributed by atoms with Crippen LogP contribution < -0.4 is 0 Å². The van der Waals surface area contributed by atoms with Crippen molar-refractivity contribution in [2.24, 2.45) is 23.2 Å². The molecule has 0 N–H and O–H groups in total. The van der Waals surface area contributed by atoms with Crippen molar-refractivity contribution in [2.75, 3.05) is 5.75 Å². The molecule has 0 amide bonds. The quantitative estimate of drug-likeness (QED) is 0.473. The lowest BCUT2D eigenvalue weighted by Crippen LogP contribution is -2.50. The molecular formula is C23H28N2OS2. The minimum Gasteiger partial charge on any atom is -0.298 e. The number of hydrogen-bond donors (Lipinski definition) is 0. The molecule has 4 bridgehead atoms. The molecule has 4 fully saturated rings. The van der Waals surface area contributed by atoms with Crippen molar-refractivity contribution in [3.63, 3.8) is 0 Å². The lowest BCUT2D eigenvalue weighted by atomic mass is 9.48. The van der Waals surface area contributed by atoms with Crippen LogP contribution in [0.1, 0.15) is 67.6 Å². The molecule has 2 heterocycles. The van der Waals surface area contributed by atoms with Crippen molar-refractivity contribution in [2.45, 2.75) is 76.2 Å². The van der Waals surface area contributed by atoms with Crippen LogP contribution in [0.3, 0.4) is 0 Å². The Labute approximate surface area is 175 Å². The highest BCUT2D eigenvalue weighted by molar-refractivity contribution is 8.00. The van der Waals surface area contributed by atoms with Gasteiger partial charge in [-0.15, -0.1) is 11.3 Å². The van der Waals surface area contributed by atoms with Crippen LogP contribution in [-0.4, -0.2) is 21.5 Å². The lowest BCUT2D eigenvalue weighted by molar-refractivity contribution is -0.141. The summed E-state index contributed by atoms with van der Waals surface area (Å²) in [6, 6.07) is 0. The Morgan fingerprint density at radius 3 is 2.46 bits per heavy atom. The third-order valence-electron chi connectivity index (χ3n) is 7.86. The molecule has 4 saturated carbocycles. The summed E-state index contributed by atoms with van der Waals surface area (Å²) in [5.41, 5.74) is 1.49. The molecule has 0 aromatic carbocycles. The van der Waals surface area contributed by atoms with Crippen LogP contribution in [0, 0.1) is 30.1 Å². The fraction of sp³-hybridized carbons (Fsp3) is 0.696. The van der Waals surface area contributed by atoms with Gasteiger partial charge in [0.15, 0.2) is 0 Å². The zero-order chi connectivity index (χ0) is 18.9. The number of aromatic nitrogens is 2. The molecule has 148 valence electrons. The van der Waals surface area contributed by atoms with Crippen LogP contribution >= 0.6 is 23.1 Å². The SMILES string of the molecule is Cc1nc(SCC(=O)C23CC4CC(CC(C4)C2)C3)c2c3c(sc2n1)CCCC3. The average Bonchev–Trinajstić information content (AvgIpc) is 3.02. The number of thioether (sulfide) groups is 1. The van der Waals surface area contributed by atoms with Gasteiger partial charge in [0.25, 0.3) is 0 Å². The maximum Gasteiger partial charge on any atom is 0.149 e. The van der Waals surface area contributed by atoms with Crippen LogP contribution in [0.25, 0.3) is 10.2 Å². The second kappa shape index (κ2) is 6.53. The largest absolute Gasteiger partial charge is 0.298 e. The molecule has 0 spiro atoms. The fourth-order valence-electron chi connectivity index (χ4n) is 7.07. The number of carbonyl (C=O) groups is 1. The monoisotopic (exact) mass is 412 g/mol. The highest BCUT2D eigenvalue weighted by Gasteiger charge is 2.54. The van der Waals surface area contributed by atoms with Crippen molar-refractivity contribution in [3.8, 4) is 0 Å². The Balaban J connectivity index is 1.28. The molecule has 0 aliphatic heterocycles. The summed E-state index contributed by atoms with van der Waals surface area (Å²) in [6.45, 7) is 1.99. The van der Waals surface area contributed by atoms with E-state index in [2.05, 4.69) is 0 Å². The first-order valence-electron chi connectivity index (χ1n) is 11.0. The molecule has 28 heavy (non-hydrogen) atoms. The minimum absolute atomic E-state index is 0.0109. The Morgan fingerprint density at radius 1 is 1.07 bits per heavy atom. The summed E-state index contributed by atoms with van der Waals surface area (Å²) in [5.74, 6) is 4.45. The molecule has 0 unspecified atom stereocenters. The topological polar surface area (TPSA) is 42.9 Å². The Hall–Kier alpha value is -0.940. The molecular weight excluding hydrogens is 384 g/mol. The Morgan fingerprint density at radius 2 is 1.75 bits per heavy atom. The number of carbonyl (C=O) groups excluding carboxylic acids is 1. The summed E-state index contributed by atoms with van der Waals surface area (Å²) >= 11 is 3.56. The van der Waals surface area contributed by atoms with E-state index in [0.29, 0.717) is 11.5 Å². The molecule has 5 heteroatoms. The highest BCUT2D eigenvalue weighted by Crippen LogP contribution is 2.60. The van der Waals surface area contributed by atoms with E-state index in [4.69, 9.17) is 9.97 Å². The third kappa shape index (κ3) is 2.79. The Kier molecular flexibility index (Phi) is 4.17. The van der Waals surface area contributed by atoms with E-state index in [1.54, 1.807) is 11.8 Å². The number of nitrogens with zero attached hydrogens (tertiary/aromatic N) is 2. The number of hydrogen-bond acceptors (Lipinski definition) is 5. The van der Waals surface area contributed by atoms with Crippen molar-refractivity contribution >= 4 is 39.1 Å². The zero-order valence-corrected chi connectivity index (χ0v) is 18.3. The first-order chi connectivity index (χ1) is 13.6. The highest BCUT2D eigenvalue weighted by atomic mass is 32.2. The van der Waals surface area contributed by atoms with E-state index >= 15 is 0 Å². The van der Waals surface area contributed by atoms with Gasteiger partial charge in [0.05, 0.1) is 5.75 Å². The van der Waals surface area contributed by atoms with Gasteiger partial charge in [-0.25, -0.2) is 9.97 Å². The number of fused-ring (bicyclic) bond motifs is 3. The van der Waals surface area contributed by atoms with E-state index in [9.17, 15) is 4.79 Å². The van der Waals surface area contributed by atoms with Crippen LogP contribution in [0.4, 0.5) is 0 Å². The van der Waals surface area contributed by atoms with Crippen molar-refractivity contribution in [1.82, 2.24) is 9.97 Å². The number of Topliss-reactive ketones (excluding diaryl/α,β-unsaturated/α-hetero) is 1. The first-order valence-corrected chi connectivity index (χ1v) is 12.8. The average molecular weight is 413 g/mol. The minimum atomic E-state index is 0.0109. The molecule has 2 aromatic rings. The van der Waals surface area contributed by atoms with Crippen LogP contribution in [0.5, 0.6) is 0 Å². The summed E-state index contributed by atoms with van der Waals surface area (Å²) in [6.07, 6.45) is 12.6. The zero-order valence-electron chi connectivity index (χ0n) is 16.6. The summed E-state index contributed by atoms with van der Waals surface area (Å²) in [7, 11) is 0. The van der Waals surface area contributed by atoms with Gasteiger partial charge in [-0.1, -0.05) is 11.8 Å². The molecule has 5 aliphatic carbocycles. The van der Waals surface area contributed by atoms with Crippen LogP contribution in [0.15, 0.2) is 5.03 Å². The second-order valence-corrected chi connectivity index (χ2v) is 11.9. The fourth-order valence-corrected chi connectivity index (χ4v) is 9.58. The summed E-state index contributed by atoms with van der Waals surface area (Å²) in [5, 5.41) is 2.34. The van der Waals surface area contributed by atoms with Gasteiger partial charge >= 0.3 is 0 Å². The van der Waals surface area contributed by atoms with Gasteiger partial charge in [0.1, 0.15) is 21.5 Å². The standard InChI is InChI=1S/C23H28N2OS2/c1-13-24-21(20-17-4-2-3-5-18(17)28-22(20)25-13)27-12-19(26)23-9-14-6-15(10-23)8-16(7-14)11-23/h14-16H,2-12H2,1H3. The van der Waals surface area contributed by atoms with Gasteiger partial charge in [0.2, 0.25) is 0 Å². The molecule has 3 nitrogen and oxygen atoms in total. The number of ketones is 1. The summed E-state index contributed by atoms with van der Waals surface area (Å²) < 4.78 is 0. The second-order valence-electron chi connectivity index (χ2n) is 9.88. The maximum absolute atomic E-state index is 13.5. The summed E-state index contributed by atoms with van der Waals surface area (Å²) in [4.78, 5) is 25.6. The van der Waals surface area contributed by atoms with Gasteiger partial charge in [-0.3, -0.25) is 4.79 Å². The van der Waals surface area contributed by atoms with Gasteiger partial charge in [0, 0.05) is 15.7 Å². The van der Waals surface area contributed by atoms with Gasteiger partial charge in [-0.05, 0) is 94.4 Å². The van der Waals surface area contributed by atoms with Crippen molar-refractivity contribution in [3.05, 3.63) is 16.3 Å². The number of aryl methyl sites for hydroxylation is 3. The van der Waals surface area contributed by atoms with E-state index in [-0.39, 0.29) is 5.41 Å². The Bertz CT molecular complexity index is 928. The van der Waals surface area contributed by atoms with Crippen molar-refractivity contribution < 1.29 is 4.79 Å². The number of thiophene rings is 1. The van der Waals surface area contributed by atoms with Gasteiger partial charge < -0.3 is 0 Å².